The predicted molar refractivity (Wildman–Crippen MR) is 105 cm³/mol. The number of ketones is 1. The van der Waals surface area contributed by atoms with Gasteiger partial charge in [0.15, 0.2) is 5.92 Å². The van der Waals surface area contributed by atoms with Gasteiger partial charge >= 0.3 is 0 Å². The van der Waals surface area contributed by atoms with Crippen molar-refractivity contribution in [2.45, 2.75) is 44.9 Å². The van der Waals surface area contributed by atoms with Gasteiger partial charge in [0.05, 0.1) is 11.8 Å². The molecule has 144 valence electrons. The zero-order valence-corrected chi connectivity index (χ0v) is 16.3. The van der Waals surface area contributed by atoms with Gasteiger partial charge in [0.25, 0.3) is 0 Å². The number of carbonyl (C=O) groups excluding carboxylic acids is 2. The van der Waals surface area contributed by atoms with Gasteiger partial charge < -0.3 is 5.32 Å². The molecule has 28 heavy (non-hydrogen) atoms. The fourth-order valence-corrected chi connectivity index (χ4v) is 4.61. The van der Waals surface area contributed by atoms with Gasteiger partial charge in [0.2, 0.25) is 11.7 Å². The molecule has 0 radical (unpaired) electrons. The topological polar surface area (TPSA) is 87.8 Å². The number of fused-ring (bicyclic) bond motifs is 3. The third kappa shape index (κ3) is 2.73. The van der Waals surface area contributed by atoms with E-state index in [1.807, 2.05) is 20.0 Å². The molecule has 1 aromatic heterocycles. The first kappa shape index (κ1) is 18.4. The fraction of sp³-hybridized carbons (Fsp3) is 0.455. The molecule has 6 heteroatoms. The van der Waals surface area contributed by atoms with Crippen molar-refractivity contribution in [2.75, 3.05) is 6.54 Å². The molecular formula is C22H24N4O2. The second-order valence-corrected chi connectivity index (χ2v) is 7.63. The maximum Gasteiger partial charge on any atom is 0.245 e. The number of benzene rings is 1. The fourth-order valence-electron chi connectivity index (χ4n) is 4.61. The Morgan fingerprint density at radius 2 is 2.21 bits per heavy atom. The van der Waals surface area contributed by atoms with Gasteiger partial charge in [-0.25, -0.2) is 0 Å². The second-order valence-electron chi connectivity index (χ2n) is 7.63. The summed E-state index contributed by atoms with van der Waals surface area (Å²) in [5, 5.41) is 16.7. The molecule has 0 spiro atoms. The lowest BCUT2D eigenvalue weighted by molar-refractivity contribution is -0.122. The Morgan fingerprint density at radius 3 is 2.96 bits per heavy atom. The molecule has 4 rings (SSSR count). The highest BCUT2D eigenvalue weighted by atomic mass is 16.2. The van der Waals surface area contributed by atoms with E-state index < -0.39 is 17.6 Å². The van der Waals surface area contributed by atoms with Crippen molar-refractivity contribution in [3.05, 3.63) is 40.6 Å². The summed E-state index contributed by atoms with van der Waals surface area (Å²) in [5.74, 6) is -2.25. The quantitative estimate of drug-likeness (QED) is 0.477. The summed E-state index contributed by atoms with van der Waals surface area (Å²) in [6.45, 7) is 2.49. The Morgan fingerprint density at radius 1 is 1.39 bits per heavy atom. The van der Waals surface area contributed by atoms with Gasteiger partial charge in [-0.05, 0) is 36.8 Å². The van der Waals surface area contributed by atoms with Gasteiger partial charge in [-0.1, -0.05) is 31.5 Å². The van der Waals surface area contributed by atoms with Gasteiger partial charge in [0, 0.05) is 30.6 Å². The van der Waals surface area contributed by atoms with E-state index in [9.17, 15) is 14.9 Å². The van der Waals surface area contributed by atoms with E-state index in [-0.39, 0.29) is 11.6 Å². The number of carbonyl (C=O) groups is 2. The highest BCUT2D eigenvalue weighted by Crippen LogP contribution is 2.52. The lowest BCUT2D eigenvalue weighted by atomic mass is 9.81. The number of rotatable bonds is 6. The molecule has 0 bridgehead atoms. The third-order valence-corrected chi connectivity index (χ3v) is 5.89. The van der Waals surface area contributed by atoms with E-state index in [4.69, 9.17) is 0 Å². The lowest BCUT2D eigenvalue weighted by Crippen LogP contribution is -2.35. The molecule has 2 unspecified atom stereocenters. The minimum absolute atomic E-state index is 0.130. The van der Waals surface area contributed by atoms with Crippen LogP contribution in [-0.4, -0.2) is 28.0 Å². The van der Waals surface area contributed by atoms with Gasteiger partial charge in [0.1, 0.15) is 5.69 Å². The van der Waals surface area contributed by atoms with Gasteiger partial charge in [-0.2, -0.15) is 10.4 Å². The van der Waals surface area contributed by atoms with Crippen LogP contribution in [0.15, 0.2) is 18.2 Å². The van der Waals surface area contributed by atoms with Gasteiger partial charge in [-0.15, -0.1) is 0 Å². The van der Waals surface area contributed by atoms with Crippen molar-refractivity contribution in [3.8, 4) is 17.3 Å². The Hall–Kier alpha value is -2.94. The summed E-state index contributed by atoms with van der Waals surface area (Å²) >= 11 is 0. The third-order valence-electron chi connectivity index (χ3n) is 5.89. The first-order valence-corrected chi connectivity index (χ1v) is 9.99. The smallest absolute Gasteiger partial charge is 0.245 e. The number of nitrogens with one attached hydrogen (secondary N) is 1. The van der Waals surface area contributed by atoms with Crippen molar-refractivity contribution in [3.63, 3.8) is 0 Å². The molecule has 1 aromatic carbocycles. The van der Waals surface area contributed by atoms with Crippen LogP contribution in [0.4, 0.5) is 0 Å². The van der Waals surface area contributed by atoms with Crippen LogP contribution in [0.25, 0.3) is 11.3 Å². The summed E-state index contributed by atoms with van der Waals surface area (Å²) in [6.07, 6.45) is 4.81. The number of hydrogen-bond donors (Lipinski definition) is 1. The van der Waals surface area contributed by atoms with Crippen molar-refractivity contribution in [1.82, 2.24) is 15.1 Å². The zero-order chi connectivity index (χ0) is 19.8. The molecule has 2 aromatic rings. The van der Waals surface area contributed by atoms with E-state index in [0.29, 0.717) is 6.54 Å². The number of amides is 1. The Labute approximate surface area is 164 Å². The number of nitrogens with zero attached hydrogens (tertiary/aromatic N) is 3. The summed E-state index contributed by atoms with van der Waals surface area (Å²) in [5.41, 5.74) is 5.89. The van der Waals surface area contributed by atoms with Crippen LogP contribution in [0, 0.1) is 17.2 Å². The lowest BCUT2D eigenvalue weighted by Gasteiger charge is -2.22. The van der Waals surface area contributed by atoms with Crippen molar-refractivity contribution in [2.24, 2.45) is 13.0 Å². The Bertz CT molecular complexity index is 999. The Kier molecular flexibility index (Phi) is 4.76. The molecule has 0 saturated heterocycles. The maximum absolute atomic E-state index is 13.2. The molecule has 2 aliphatic carbocycles. The maximum atomic E-state index is 13.2. The van der Waals surface area contributed by atoms with Crippen LogP contribution in [0.1, 0.15) is 65.7 Å². The van der Waals surface area contributed by atoms with E-state index in [1.165, 1.54) is 11.1 Å². The minimum atomic E-state index is -1.36. The molecule has 2 aliphatic rings. The average Bonchev–Trinajstić information content (AvgIpc) is 3.21. The van der Waals surface area contributed by atoms with Crippen LogP contribution in [0.3, 0.4) is 0 Å². The molecule has 0 fully saturated rings. The molecular weight excluding hydrogens is 352 g/mol. The number of nitriles is 1. The van der Waals surface area contributed by atoms with Crippen LogP contribution in [0.2, 0.25) is 0 Å². The van der Waals surface area contributed by atoms with E-state index in [2.05, 4.69) is 28.6 Å². The first-order chi connectivity index (χ1) is 13.6. The predicted octanol–water partition coefficient (Wildman–Crippen LogP) is 3.11. The highest BCUT2D eigenvalue weighted by molar-refractivity contribution is 6.13. The number of aryl methyl sites for hydroxylation is 2. The molecule has 2 atom stereocenters. The number of unbranched alkanes of at least 4 members (excludes halogenated alkanes) is 1. The molecule has 6 nitrogen and oxygen atoms in total. The van der Waals surface area contributed by atoms with Crippen molar-refractivity contribution >= 4 is 11.7 Å². The first-order valence-electron chi connectivity index (χ1n) is 9.99. The van der Waals surface area contributed by atoms with Crippen LogP contribution in [0.5, 0.6) is 0 Å². The monoisotopic (exact) mass is 376 g/mol. The summed E-state index contributed by atoms with van der Waals surface area (Å²) in [6, 6.07) is 8.19. The van der Waals surface area contributed by atoms with Gasteiger partial charge in [-0.3, -0.25) is 14.3 Å². The number of Topliss-reactive ketones (excluding diaryl/α,β-unsaturated/α-hetero) is 1. The summed E-state index contributed by atoms with van der Waals surface area (Å²) < 4.78 is 1.74. The summed E-state index contributed by atoms with van der Waals surface area (Å²) in [7, 11) is 1.83. The van der Waals surface area contributed by atoms with Crippen molar-refractivity contribution < 1.29 is 9.59 Å². The minimum Gasteiger partial charge on any atom is -0.355 e. The normalized spacial score (nSPS) is 17.4. The molecule has 0 aliphatic heterocycles. The average molecular weight is 376 g/mol. The molecule has 1 heterocycles. The SMILES string of the molecule is CCCCNC(=O)C(C#N)C(=O)c1nn(C)c2c1C1CCCc3cccc-2c31. The van der Waals surface area contributed by atoms with Crippen LogP contribution < -0.4 is 5.32 Å². The Balaban J connectivity index is 1.72. The zero-order valence-electron chi connectivity index (χ0n) is 16.3. The molecule has 1 N–H and O–H groups in total. The molecule has 0 saturated carbocycles. The summed E-state index contributed by atoms with van der Waals surface area (Å²) in [4.78, 5) is 25.6. The highest BCUT2D eigenvalue weighted by Gasteiger charge is 2.41. The molecule has 1 amide bonds. The standard InChI is InChI=1S/C22H24N4O2/c1-3-4-11-24-22(28)16(12-23)21(27)19-18-14-9-5-7-13-8-6-10-15(17(13)14)20(18)26(2)25-19/h6,8,10,14,16H,3-5,7,9,11H2,1-2H3,(H,24,28). The second kappa shape index (κ2) is 7.23. The van der Waals surface area contributed by atoms with E-state index >= 15 is 0 Å². The van der Waals surface area contributed by atoms with Crippen LogP contribution >= 0.6 is 0 Å². The van der Waals surface area contributed by atoms with E-state index in [0.717, 1.165) is 48.9 Å². The van der Waals surface area contributed by atoms with Crippen LogP contribution in [-0.2, 0) is 18.3 Å². The van der Waals surface area contributed by atoms with Crippen molar-refractivity contribution in [1.29, 1.82) is 5.26 Å². The number of aromatic nitrogens is 2. The largest absolute Gasteiger partial charge is 0.355 e. The number of hydrogen-bond acceptors (Lipinski definition) is 4. The van der Waals surface area contributed by atoms with E-state index in [1.54, 1.807) is 4.68 Å².